The molecule has 3 heteroatoms. The number of rotatable bonds is 2. The second-order valence-corrected chi connectivity index (χ2v) is 5.37. The van der Waals surface area contributed by atoms with E-state index in [1.54, 1.807) is 7.11 Å². The van der Waals surface area contributed by atoms with Crippen molar-refractivity contribution in [1.29, 1.82) is 0 Å². The lowest BCUT2D eigenvalue weighted by atomic mass is 10.0. The summed E-state index contributed by atoms with van der Waals surface area (Å²) in [5.74, 6) is 0.798. The van der Waals surface area contributed by atoms with Crippen LogP contribution in [0.4, 0.5) is 5.69 Å². The van der Waals surface area contributed by atoms with Crippen LogP contribution in [0.15, 0.2) is 42.5 Å². The van der Waals surface area contributed by atoms with Crippen molar-refractivity contribution < 1.29 is 9.53 Å². The number of anilines is 1. The Balaban J connectivity index is 1.96. The lowest BCUT2D eigenvalue weighted by Crippen LogP contribution is -2.35. The predicted octanol–water partition coefficient (Wildman–Crippen LogP) is 3.60. The third-order valence-electron chi connectivity index (χ3n) is 4.01. The number of fused-ring (bicyclic) bond motifs is 1. The Morgan fingerprint density at radius 3 is 2.81 bits per heavy atom. The van der Waals surface area contributed by atoms with Crippen LogP contribution in [0.3, 0.4) is 0 Å². The minimum atomic E-state index is 0.0421. The summed E-state index contributed by atoms with van der Waals surface area (Å²) in [5.41, 5.74) is 3.99. The van der Waals surface area contributed by atoms with E-state index >= 15 is 0 Å². The van der Waals surface area contributed by atoms with Crippen LogP contribution in [0, 0.1) is 6.92 Å². The van der Waals surface area contributed by atoms with E-state index in [1.165, 1.54) is 5.56 Å². The van der Waals surface area contributed by atoms with Gasteiger partial charge in [-0.3, -0.25) is 4.79 Å². The maximum atomic E-state index is 12.8. The van der Waals surface area contributed by atoms with E-state index in [0.717, 1.165) is 36.4 Å². The molecule has 0 saturated carbocycles. The quantitative estimate of drug-likeness (QED) is 0.841. The number of hydrogen-bond donors (Lipinski definition) is 0. The molecule has 2 aromatic carbocycles. The zero-order valence-electron chi connectivity index (χ0n) is 12.4. The van der Waals surface area contributed by atoms with Crippen molar-refractivity contribution in [3.05, 3.63) is 59.2 Å². The molecule has 0 spiro atoms. The van der Waals surface area contributed by atoms with Crippen LogP contribution in [0.2, 0.25) is 0 Å². The molecule has 0 unspecified atom stereocenters. The van der Waals surface area contributed by atoms with Gasteiger partial charge in [-0.2, -0.15) is 0 Å². The molecule has 108 valence electrons. The van der Waals surface area contributed by atoms with Crippen LogP contribution < -0.4 is 9.64 Å². The van der Waals surface area contributed by atoms with Crippen LogP contribution in [0.25, 0.3) is 0 Å². The van der Waals surface area contributed by atoms with Crippen LogP contribution in [-0.2, 0) is 6.42 Å². The van der Waals surface area contributed by atoms with E-state index in [1.807, 2.05) is 48.2 Å². The number of para-hydroxylation sites is 1. The lowest BCUT2D eigenvalue weighted by molar-refractivity contribution is 0.0985. The van der Waals surface area contributed by atoms with E-state index in [9.17, 15) is 4.79 Å². The van der Waals surface area contributed by atoms with Gasteiger partial charge in [0.15, 0.2) is 0 Å². The Kier molecular flexibility index (Phi) is 3.65. The molecule has 0 fully saturated rings. The average molecular weight is 281 g/mol. The SMILES string of the molecule is COc1cc(C(=O)N2CCCc3ccccc32)ccc1C. The average Bonchev–Trinajstić information content (AvgIpc) is 2.54. The number of benzene rings is 2. The smallest absolute Gasteiger partial charge is 0.258 e. The fourth-order valence-electron chi connectivity index (χ4n) is 2.85. The number of carbonyl (C=O) groups is 1. The van der Waals surface area contributed by atoms with Crippen molar-refractivity contribution in [3.63, 3.8) is 0 Å². The number of nitrogens with zero attached hydrogens (tertiary/aromatic N) is 1. The van der Waals surface area contributed by atoms with Gasteiger partial charge in [0.1, 0.15) is 5.75 Å². The van der Waals surface area contributed by atoms with Gasteiger partial charge in [-0.05, 0) is 49.1 Å². The van der Waals surface area contributed by atoms with Crippen molar-refractivity contribution >= 4 is 11.6 Å². The summed E-state index contributed by atoms with van der Waals surface area (Å²) in [6, 6.07) is 13.8. The Hall–Kier alpha value is -2.29. The van der Waals surface area contributed by atoms with Crippen LogP contribution in [-0.4, -0.2) is 19.6 Å². The monoisotopic (exact) mass is 281 g/mol. The number of ether oxygens (including phenoxy) is 1. The number of hydrogen-bond acceptors (Lipinski definition) is 2. The second-order valence-electron chi connectivity index (χ2n) is 5.37. The molecule has 1 aliphatic rings. The van der Waals surface area contributed by atoms with Crippen molar-refractivity contribution in [2.45, 2.75) is 19.8 Å². The lowest BCUT2D eigenvalue weighted by Gasteiger charge is -2.29. The number of carbonyl (C=O) groups excluding carboxylic acids is 1. The van der Waals surface area contributed by atoms with Crippen molar-refractivity contribution in [2.75, 3.05) is 18.6 Å². The van der Waals surface area contributed by atoms with Crippen LogP contribution in [0.1, 0.15) is 27.9 Å². The molecule has 3 rings (SSSR count). The van der Waals surface area contributed by atoms with Gasteiger partial charge in [0.2, 0.25) is 0 Å². The van der Waals surface area contributed by atoms with Gasteiger partial charge >= 0.3 is 0 Å². The highest BCUT2D eigenvalue weighted by Gasteiger charge is 2.23. The summed E-state index contributed by atoms with van der Waals surface area (Å²) in [4.78, 5) is 14.7. The molecule has 0 radical (unpaired) electrons. The Bertz CT molecular complexity index is 679. The predicted molar refractivity (Wildman–Crippen MR) is 84.2 cm³/mol. The minimum absolute atomic E-state index is 0.0421. The minimum Gasteiger partial charge on any atom is -0.496 e. The van der Waals surface area contributed by atoms with Gasteiger partial charge in [-0.1, -0.05) is 24.3 Å². The molecule has 0 aromatic heterocycles. The largest absolute Gasteiger partial charge is 0.496 e. The van der Waals surface area contributed by atoms with E-state index in [2.05, 4.69) is 6.07 Å². The van der Waals surface area contributed by atoms with Crippen molar-refractivity contribution in [1.82, 2.24) is 0 Å². The molecule has 2 aromatic rings. The maximum absolute atomic E-state index is 12.8. The van der Waals surface area contributed by atoms with Crippen LogP contribution >= 0.6 is 0 Å². The third-order valence-corrected chi connectivity index (χ3v) is 4.01. The highest BCUT2D eigenvalue weighted by atomic mass is 16.5. The summed E-state index contributed by atoms with van der Waals surface area (Å²) in [7, 11) is 1.63. The molecule has 21 heavy (non-hydrogen) atoms. The molecule has 0 aliphatic carbocycles. The Morgan fingerprint density at radius 1 is 1.19 bits per heavy atom. The summed E-state index contributed by atoms with van der Waals surface area (Å²) in [6.07, 6.45) is 2.04. The fourth-order valence-corrected chi connectivity index (χ4v) is 2.85. The van der Waals surface area contributed by atoms with Gasteiger partial charge in [0.05, 0.1) is 7.11 Å². The fraction of sp³-hybridized carbons (Fsp3) is 0.278. The van der Waals surface area contributed by atoms with Crippen molar-refractivity contribution in [2.24, 2.45) is 0 Å². The first-order valence-corrected chi connectivity index (χ1v) is 7.25. The molecule has 0 bridgehead atoms. The standard InChI is InChI=1S/C18H19NO2/c1-13-9-10-15(12-17(13)21-2)18(20)19-11-5-7-14-6-3-4-8-16(14)19/h3-4,6,8-10,12H,5,7,11H2,1-2H3. The number of aryl methyl sites for hydroxylation is 2. The normalized spacial score (nSPS) is 13.7. The third kappa shape index (κ3) is 2.51. The summed E-state index contributed by atoms with van der Waals surface area (Å²) < 4.78 is 5.32. The highest BCUT2D eigenvalue weighted by molar-refractivity contribution is 6.07. The van der Waals surface area contributed by atoms with Gasteiger partial charge < -0.3 is 9.64 Å². The van der Waals surface area contributed by atoms with E-state index in [4.69, 9.17) is 4.74 Å². The second kappa shape index (κ2) is 5.60. The molecule has 1 amide bonds. The molecule has 3 nitrogen and oxygen atoms in total. The summed E-state index contributed by atoms with van der Waals surface area (Å²) in [5, 5.41) is 0. The Morgan fingerprint density at radius 2 is 2.00 bits per heavy atom. The summed E-state index contributed by atoms with van der Waals surface area (Å²) in [6.45, 7) is 2.75. The van der Waals surface area contributed by atoms with Crippen molar-refractivity contribution in [3.8, 4) is 5.75 Å². The molecule has 1 heterocycles. The molecule has 1 aliphatic heterocycles. The van der Waals surface area contributed by atoms with E-state index in [0.29, 0.717) is 5.56 Å². The topological polar surface area (TPSA) is 29.5 Å². The molecular weight excluding hydrogens is 262 g/mol. The van der Waals surface area contributed by atoms with Crippen LogP contribution in [0.5, 0.6) is 5.75 Å². The van der Waals surface area contributed by atoms with E-state index < -0.39 is 0 Å². The van der Waals surface area contributed by atoms with Gasteiger partial charge in [0, 0.05) is 17.8 Å². The zero-order chi connectivity index (χ0) is 14.8. The number of amides is 1. The maximum Gasteiger partial charge on any atom is 0.258 e. The zero-order valence-corrected chi connectivity index (χ0v) is 12.4. The van der Waals surface area contributed by atoms with Gasteiger partial charge in [-0.25, -0.2) is 0 Å². The molecule has 0 atom stereocenters. The van der Waals surface area contributed by atoms with E-state index in [-0.39, 0.29) is 5.91 Å². The molecule has 0 N–H and O–H groups in total. The Labute approximate surface area is 125 Å². The first-order valence-electron chi connectivity index (χ1n) is 7.25. The molecular formula is C18H19NO2. The molecule has 0 saturated heterocycles. The first-order chi connectivity index (χ1) is 10.2. The van der Waals surface area contributed by atoms with Gasteiger partial charge in [0.25, 0.3) is 5.91 Å². The number of methoxy groups -OCH3 is 1. The first kappa shape index (κ1) is 13.7. The van der Waals surface area contributed by atoms with Gasteiger partial charge in [-0.15, -0.1) is 0 Å². The highest BCUT2D eigenvalue weighted by Crippen LogP contribution is 2.29. The summed E-state index contributed by atoms with van der Waals surface area (Å²) >= 11 is 0.